The van der Waals surface area contributed by atoms with Crippen LogP contribution in [0.3, 0.4) is 0 Å². The molecule has 0 aromatic heterocycles. The van der Waals surface area contributed by atoms with E-state index in [1.54, 1.807) is 0 Å². The Morgan fingerprint density at radius 2 is 2.00 bits per heavy atom. The van der Waals surface area contributed by atoms with E-state index in [1.807, 2.05) is 11.8 Å². The van der Waals surface area contributed by atoms with Gasteiger partial charge in [0, 0.05) is 30.0 Å². The molecule has 15 heavy (non-hydrogen) atoms. The maximum absolute atomic E-state index is 7.48. The number of thioether (sulfide) groups is 1. The first kappa shape index (κ1) is 12.8. The first-order chi connectivity index (χ1) is 7.02. The smallest absolute Gasteiger partial charge is 0.0963 e. The largest absolute Gasteiger partial charge is 0.387 e. The van der Waals surface area contributed by atoms with E-state index in [4.69, 9.17) is 11.1 Å². The van der Waals surface area contributed by atoms with E-state index in [9.17, 15) is 0 Å². The van der Waals surface area contributed by atoms with Gasteiger partial charge < -0.3 is 10.6 Å². The fourth-order valence-electron chi connectivity index (χ4n) is 1.70. The zero-order valence-corrected chi connectivity index (χ0v) is 10.7. The molecular formula is C11H23N3S. The Kier molecular flexibility index (Phi) is 4.93. The van der Waals surface area contributed by atoms with Crippen LogP contribution in [0.2, 0.25) is 0 Å². The summed E-state index contributed by atoms with van der Waals surface area (Å²) in [5.41, 5.74) is 5.44. The summed E-state index contributed by atoms with van der Waals surface area (Å²) < 4.78 is 0. The van der Waals surface area contributed by atoms with Gasteiger partial charge in [-0.2, -0.15) is 11.8 Å². The summed E-state index contributed by atoms with van der Waals surface area (Å²) in [6.07, 6.45) is 2.17. The Balaban J connectivity index is 2.17. The molecule has 0 radical (unpaired) electrons. The van der Waals surface area contributed by atoms with Gasteiger partial charge in [0.05, 0.1) is 5.84 Å². The summed E-state index contributed by atoms with van der Waals surface area (Å²) in [7, 11) is 0. The molecule has 1 aliphatic rings. The van der Waals surface area contributed by atoms with Gasteiger partial charge in [-0.1, -0.05) is 13.8 Å². The van der Waals surface area contributed by atoms with Crippen LogP contribution in [0, 0.1) is 10.8 Å². The van der Waals surface area contributed by atoms with Crippen molar-refractivity contribution in [1.29, 1.82) is 5.41 Å². The lowest BCUT2D eigenvalue weighted by atomic mass is 9.86. The molecule has 0 aromatic carbocycles. The summed E-state index contributed by atoms with van der Waals surface area (Å²) in [6, 6.07) is 0. The monoisotopic (exact) mass is 229 g/mol. The van der Waals surface area contributed by atoms with Gasteiger partial charge in [-0.3, -0.25) is 5.41 Å². The van der Waals surface area contributed by atoms with Crippen molar-refractivity contribution in [3.05, 3.63) is 0 Å². The molecule has 3 N–H and O–H groups in total. The molecule has 0 unspecified atom stereocenters. The Morgan fingerprint density at radius 1 is 1.40 bits per heavy atom. The summed E-state index contributed by atoms with van der Waals surface area (Å²) >= 11 is 2.05. The van der Waals surface area contributed by atoms with Crippen LogP contribution in [0.25, 0.3) is 0 Å². The van der Waals surface area contributed by atoms with Crippen molar-refractivity contribution in [2.45, 2.75) is 26.7 Å². The highest BCUT2D eigenvalue weighted by Crippen LogP contribution is 2.22. The van der Waals surface area contributed by atoms with E-state index >= 15 is 0 Å². The van der Waals surface area contributed by atoms with Crippen LogP contribution in [0.5, 0.6) is 0 Å². The molecule has 4 heteroatoms. The zero-order valence-electron chi connectivity index (χ0n) is 9.88. The second-order valence-corrected chi connectivity index (χ2v) is 6.08. The van der Waals surface area contributed by atoms with Crippen LogP contribution in [0.1, 0.15) is 26.7 Å². The lowest BCUT2D eigenvalue weighted by Crippen LogP contribution is -2.35. The predicted octanol–water partition coefficient (Wildman–Crippen LogP) is 1.78. The minimum Gasteiger partial charge on any atom is -0.387 e. The molecule has 0 aromatic rings. The summed E-state index contributed by atoms with van der Waals surface area (Å²) in [5, 5.41) is 7.48. The maximum atomic E-state index is 7.48. The third-order valence-electron chi connectivity index (χ3n) is 3.11. The van der Waals surface area contributed by atoms with E-state index in [2.05, 4.69) is 18.7 Å². The summed E-state index contributed by atoms with van der Waals surface area (Å²) in [4.78, 5) is 2.52. The molecule has 0 amide bonds. The number of nitrogens with two attached hydrogens (primary N) is 1. The Labute approximate surface area is 97.3 Å². The molecule has 0 aliphatic carbocycles. The zero-order chi connectivity index (χ0) is 11.3. The third kappa shape index (κ3) is 4.43. The van der Waals surface area contributed by atoms with E-state index in [-0.39, 0.29) is 5.41 Å². The minimum atomic E-state index is -0.120. The molecule has 1 heterocycles. The normalized spacial score (nSPS) is 19.1. The van der Waals surface area contributed by atoms with Gasteiger partial charge in [-0.05, 0) is 19.4 Å². The van der Waals surface area contributed by atoms with Crippen LogP contribution < -0.4 is 5.73 Å². The molecule has 3 nitrogen and oxygen atoms in total. The topological polar surface area (TPSA) is 53.1 Å². The molecule has 88 valence electrons. The Morgan fingerprint density at radius 3 is 2.53 bits per heavy atom. The van der Waals surface area contributed by atoms with E-state index in [0.717, 1.165) is 19.4 Å². The van der Waals surface area contributed by atoms with Crippen LogP contribution >= 0.6 is 11.8 Å². The Hall–Kier alpha value is -0.220. The summed E-state index contributed by atoms with van der Waals surface area (Å²) in [6.45, 7) is 7.73. The van der Waals surface area contributed by atoms with E-state index in [0.29, 0.717) is 5.84 Å². The quantitative estimate of drug-likeness (QED) is 0.558. The van der Waals surface area contributed by atoms with Gasteiger partial charge in [-0.25, -0.2) is 0 Å². The van der Waals surface area contributed by atoms with Crippen LogP contribution in [-0.2, 0) is 0 Å². The van der Waals surface area contributed by atoms with Gasteiger partial charge in [0.2, 0.25) is 0 Å². The second kappa shape index (κ2) is 5.75. The second-order valence-electron chi connectivity index (χ2n) is 4.86. The third-order valence-corrected chi connectivity index (χ3v) is 4.05. The molecular weight excluding hydrogens is 206 g/mol. The minimum absolute atomic E-state index is 0.120. The summed E-state index contributed by atoms with van der Waals surface area (Å²) in [5.74, 6) is 2.86. The highest BCUT2D eigenvalue weighted by molar-refractivity contribution is 7.99. The predicted molar refractivity (Wildman–Crippen MR) is 68.7 cm³/mol. The van der Waals surface area contributed by atoms with Crippen molar-refractivity contribution in [3.8, 4) is 0 Å². The van der Waals surface area contributed by atoms with Crippen LogP contribution in [0.15, 0.2) is 0 Å². The first-order valence-electron chi connectivity index (χ1n) is 5.67. The molecule has 0 spiro atoms. The van der Waals surface area contributed by atoms with Gasteiger partial charge in [0.15, 0.2) is 0 Å². The number of nitrogens with zero attached hydrogens (tertiary/aromatic N) is 1. The fraction of sp³-hybridized carbons (Fsp3) is 0.909. The lowest BCUT2D eigenvalue weighted by molar-refractivity contribution is 0.281. The van der Waals surface area contributed by atoms with Crippen molar-refractivity contribution in [1.82, 2.24) is 4.90 Å². The number of rotatable bonds is 5. The van der Waals surface area contributed by atoms with Gasteiger partial charge in [-0.15, -0.1) is 0 Å². The van der Waals surface area contributed by atoms with Crippen molar-refractivity contribution in [2.75, 3.05) is 31.1 Å². The number of hydrogen-bond donors (Lipinski definition) is 2. The van der Waals surface area contributed by atoms with Crippen molar-refractivity contribution in [2.24, 2.45) is 11.1 Å². The molecule has 1 fully saturated rings. The van der Waals surface area contributed by atoms with Crippen LogP contribution in [-0.4, -0.2) is 41.9 Å². The Bertz CT molecular complexity index is 210. The molecule has 0 atom stereocenters. The van der Waals surface area contributed by atoms with Gasteiger partial charge in [0.25, 0.3) is 0 Å². The van der Waals surface area contributed by atoms with Crippen molar-refractivity contribution < 1.29 is 0 Å². The molecule has 1 saturated heterocycles. The molecule has 1 aliphatic heterocycles. The highest BCUT2D eigenvalue weighted by atomic mass is 32.2. The van der Waals surface area contributed by atoms with E-state index in [1.165, 1.54) is 24.6 Å². The highest BCUT2D eigenvalue weighted by Gasteiger charge is 2.21. The standard InChI is InChI=1S/C11H23N3S/c1-11(2,10(12)13)4-3-5-14-6-8-15-9-7-14/h3-9H2,1-2H3,(H3,12,13). The van der Waals surface area contributed by atoms with E-state index < -0.39 is 0 Å². The van der Waals surface area contributed by atoms with Gasteiger partial charge in [0.1, 0.15) is 0 Å². The average Bonchev–Trinajstić information content (AvgIpc) is 2.19. The van der Waals surface area contributed by atoms with Gasteiger partial charge >= 0.3 is 0 Å². The number of amidine groups is 1. The first-order valence-corrected chi connectivity index (χ1v) is 6.82. The lowest BCUT2D eigenvalue weighted by Gasteiger charge is -2.28. The van der Waals surface area contributed by atoms with Crippen molar-refractivity contribution in [3.63, 3.8) is 0 Å². The van der Waals surface area contributed by atoms with Crippen LogP contribution in [0.4, 0.5) is 0 Å². The fourth-order valence-corrected chi connectivity index (χ4v) is 2.68. The van der Waals surface area contributed by atoms with Crippen molar-refractivity contribution >= 4 is 17.6 Å². The number of hydrogen-bond acceptors (Lipinski definition) is 3. The molecule has 1 rings (SSSR count). The molecule has 0 saturated carbocycles. The molecule has 0 bridgehead atoms. The number of nitrogens with one attached hydrogen (secondary N) is 1. The average molecular weight is 229 g/mol. The maximum Gasteiger partial charge on any atom is 0.0963 e. The SMILES string of the molecule is CC(C)(CCCN1CCSCC1)C(=N)N.